The maximum Gasteiger partial charge on any atom is 0.162 e. The smallest absolute Gasteiger partial charge is 0.162 e. The first-order valence-electron chi connectivity index (χ1n) is 5.53. The van der Waals surface area contributed by atoms with Crippen molar-refractivity contribution in [2.75, 3.05) is 0 Å². The van der Waals surface area contributed by atoms with Crippen molar-refractivity contribution >= 4 is 28.3 Å². The van der Waals surface area contributed by atoms with Crippen LogP contribution >= 0.6 is 11.6 Å². The molecule has 0 saturated carbocycles. The van der Waals surface area contributed by atoms with Crippen molar-refractivity contribution in [1.29, 1.82) is 0 Å². The third-order valence-corrected chi connectivity index (χ3v) is 3.12. The zero-order valence-corrected chi connectivity index (χ0v) is 10.4. The van der Waals surface area contributed by atoms with Gasteiger partial charge in [-0.2, -0.15) is 0 Å². The third-order valence-electron chi connectivity index (χ3n) is 2.88. The van der Waals surface area contributed by atoms with Crippen LogP contribution in [0.2, 0.25) is 5.02 Å². The van der Waals surface area contributed by atoms with E-state index in [1.54, 1.807) is 24.5 Å². The van der Waals surface area contributed by atoms with Crippen LogP contribution in [-0.4, -0.2) is 10.8 Å². The summed E-state index contributed by atoms with van der Waals surface area (Å²) in [5.41, 5.74) is 2.18. The summed E-state index contributed by atoms with van der Waals surface area (Å²) >= 11 is 5.98. The van der Waals surface area contributed by atoms with Crippen LogP contribution in [0.3, 0.4) is 0 Å². The average molecular weight is 260 g/mol. The first-order valence-corrected chi connectivity index (χ1v) is 5.90. The molecule has 90 valence electrons. The van der Waals surface area contributed by atoms with Crippen molar-refractivity contribution in [3.63, 3.8) is 0 Å². The van der Waals surface area contributed by atoms with Crippen LogP contribution in [0.5, 0.6) is 0 Å². The van der Waals surface area contributed by atoms with Gasteiger partial charge in [-0.3, -0.25) is 4.79 Å². The summed E-state index contributed by atoms with van der Waals surface area (Å²) in [6.45, 7) is 1.54. The molecular weight excluding hydrogens is 250 g/mol. The minimum atomic E-state index is -0.0186. The summed E-state index contributed by atoms with van der Waals surface area (Å²) in [7, 11) is 0. The summed E-state index contributed by atoms with van der Waals surface area (Å²) in [6, 6.07) is 9.04. The lowest BCUT2D eigenvalue weighted by Gasteiger charge is -1.97. The monoisotopic (exact) mass is 259 g/mol. The molecule has 2 heterocycles. The molecule has 3 rings (SSSR count). The second kappa shape index (κ2) is 4.03. The minimum Gasteiger partial charge on any atom is -0.463 e. The van der Waals surface area contributed by atoms with Crippen molar-refractivity contribution in [2.45, 2.75) is 6.92 Å². The van der Waals surface area contributed by atoms with Crippen molar-refractivity contribution in [3.8, 4) is 11.5 Å². The van der Waals surface area contributed by atoms with Crippen molar-refractivity contribution < 1.29 is 9.21 Å². The normalized spacial score (nSPS) is 11.0. The van der Waals surface area contributed by atoms with E-state index < -0.39 is 0 Å². The van der Waals surface area contributed by atoms with E-state index >= 15 is 0 Å². The quantitative estimate of drug-likeness (QED) is 0.698. The molecule has 0 atom stereocenters. The number of carbonyl (C=O) groups is 1. The van der Waals surface area contributed by atoms with Gasteiger partial charge in [0.1, 0.15) is 0 Å². The number of hydrogen-bond acceptors (Lipinski definition) is 2. The fraction of sp³-hybridized carbons (Fsp3) is 0.0714. The van der Waals surface area contributed by atoms with Crippen LogP contribution in [0.15, 0.2) is 41.0 Å². The van der Waals surface area contributed by atoms with Crippen molar-refractivity contribution in [1.82, 2.24) is 4.98 Å². The summed E-state index contributed by atoms with van der Waals surface area (Å²) < 4.78 is 5.35. The Morgan fingerprint density at radius 1 is 1.33 bits per heavy atom. The molecule has 18 heavy (non-hydrogen) atoms. The SMILES string of the molecule is CC(=O)c1c(-c2ccco2)[nH]c2ccc(Cl)cc12. The van der Waals surface area contributed by atoms with Gasteiger partial charge in [-0.1, -0.05) is 11.6 Å². The molecule has 2 aromatic heterocycles. The predicted molar refractivity (Wildman–Crippen MR) is 71.0 cm³/mol. The number of halogens is 1. The molecule has 0 fully saturated rings. The highest BCUT2D eigenvalue weighted by Crippen LogP contribution is 2.32. The summed E-state index contributed by atoms with van der Waals surface area (Å²) in [6.07, 6.45) is 1.58. The Bertz CT molecular complexity index is 726. The van der Waals surface area contributed by atoms with Gasteiger partial charge in [-0.15, -0.1) is 0 Å². The van der Waals surface area contributed by atoms with Gasteiger partial charge >= 0.3 is 0 Å². The van der Waals surface area contributed by atoms with Gasteiger partial charge in [0.2, 0.25) is 0 Å². The van der Waals surface area contributed by atoms with E-state index in [0.717, 1.165) is 10.9 Å². The number of furan rings is 1. The fourth-order valence-corrected chi connectivity index (χ4v) is 2.31. The molecule has 0 spiro atoms. The van der Waals surface area contributed by atoms with Crippen LogP contribution in [-0.2, 0) is 0 Å². The predicted octanol–water partition coefficient (Wildman–Crippen LogP) is 4.28. The lowest BCUT2D eigenvalue weighted by molar-refractivity contribution is 0.101. The molecule has 4 heteroatoms. The van der Waals surface area contributed by atoms with Crippen LogP contribution in [0.4, 0.5) is 0 Å². The number of nitrogens with one attached hydrogen (secondary N) is 1. The van der Waals surface area contributed by atoms with E-state index in [2.05, 4.69) is 4.98 Å². The topological polar surface area (TPSA) is 46.0 Å². The molecule has 3 nitrogen and oxygen atoms in total. The number of carbonyl (C=O) groups excluding carboxylic acids is 1. The van der Waals surface area contributed by atoms with Gasteiger partial charge in [0, 0.05) is 15.9 Å². The Hall–Kier alpha value is -2.00. The summed E-state index contributed by atoms with van der Waals surface area (Å²) in [4.78, 5) is 15.0. The number of benzene rings is 1. The van der Waals surface area contributed by atoms with Gasteiger partial charge in [-0.05, 0) is 37.3 Å². The molecule has 0 aliphatic carbocycles. The highest BCUT2D eigenvalue weighted by molar-refractivity contribution is 6.31. The summed E-state index contributed by atoms with van der Waals surface area (Å²) in [5, 5.41) is 1.43. The van der Waals surface area contributed by atoms with E-state index in [9.17, 15) is 4.79 Å². The zero-order valence-electron chi connectivity index (χ0n) is 9.66. The largest absolute Gasteiger partial charge is 0.463 e. The number of ketones is 1. The highest BCUT2D eigenvalue weighted by atomic mass is 35.5. The van der Waals surface area contributed by atoms with E-state index in [1.807, 2.05) is 12.1 Å². The van der Waals surface area contributed by atoms with Crippen LogP contribution in [0.25, 0.3) is 22.4 Å². The molecule has 0 aliphatic heterocycles. The van der Waals surface area contributed by atoms with Crippen LogP contribution in [0, 0.1) is 0 Å². The van der Waals surface area contributed by atoms with E-state index in [0.29, 0.717) is 22.0 Å². The number of hydrogen-bond donors (Lipinski definition) is 1. The van der Waals surface area contributed by atoms with Crippen LogP contribution < -0.4 is 0 Å². The third kappa shape index (κ3) is 1.64. The number of aromatic nitrogens is 1. The molecule has 0 saturated heterocycles. The van der Waals surface area contributed by atoms with Gasteiger partial charge < -0.3 is 9.40 Å². The molecule has 0 aliphatic rings. The molecular formula is C14H10ClNO2. The second-order valence-electron chi connectivity index (χ2n) is 4.10. The molecule has 1 aromatic carbocycles. The Morgan fingerprint density at radius 3 is 2.83 bits per heavy atom. The second-order valence-corrected chi connectivity index (χ2v) is 4.53. The Labute approximate surface area is 108 Å². The maximum absolute atomic E-state index is 11.8. The van der Waals surface area contributed by atoms with E-state index in [4.69, 9.17) is 16.0 Å². The highest BCUT2D eigenvalue weighted by Gasteiger charge is 2.18. The summed E-state index contributed by atoms with van der Waals surface area (Å²) in [5.74, 6) is 0.627. The van der Waals surface area contributed by atoms with Crippen molar-refractivity contribution in [3.05, 3.63) is 47.2 Å². The number of fused-ring (bicyclic) bond motifs is 1. The van der Waals surface area contributed by atoms with Gasteiger partial charge in [0.05, 0.1) is 17.5 Å². The lowest BCUT2D eigenvalue weighted by atomic mass is 10.1. The average Bonchev–Trinajstić information content (AvgIpc) is 2.94. The zero-order chi connectivity index (χ0) is 12.7. The molecule has 3 aromatic rings. The van der Waals surface area contributed by atoms with E-state index in [1.165, 1.54) is 6.92 Å². The molecule has 0 amide bonds. The van der Waals surface area contributed by atoms with Gasteiger partial charge in [0.15, 0.2) is 11.5 Å². The van der Waals surface area contributed by atoms with Crippen molar-refractivity contribution in [2.24, 2.45) is 0 Å². The number of rotatable bonds is 2. The first kappa shape index (κ1) is 11.1. The van der Waals surface area contributed by atoms with E-state index in [-0.39, 0.29) is 5.78 Å². The Balaban J connectivity index is 2.38. The Kier molecular flexibility index (Phi) is 2.49. The lowest BCUT2D eigenvalue weighted by Crippen LogP contribution is -1.93. The minimum absolute atomic E-state index is 0.0186. The molecule has 0 unspecified atom stereocenters. The first-order chi connectivity index (χ1) is 8.66. The molecule has 1 N–H and O–H groups in total. The van der Waals surface area contributed by atoms with Gasteiger partial charge in [-0.25, -0.2) is 0 Å². The van der Waals surface area contributed by atoms with Gasteiger partial charge in [0.25, 0.3) is 0 Å². The number of Topliss-reactive ketones (excluding diaryl/α,β-unsaturated/α-hetero) is 1. The fourth-order valence-electron chi connectivity index (χ4n) is 2.14. The molecule has 0 radical (unpaired) electrons. The molecule has 0 bridgehead atoms. The van der Waals surface area contributed by atoms with Crippen LogP contribution in [0.1, 0.15) is 17.3 Å². The number of H-pyrrole nitrogens is 1. The maximum atomic E-state index is 11.8. The number of aromatic amines is 1. The standard InChI is InChI=1S/C14H10ClNO2/c1-8(17)13-10-7-9(15)4-5-11(10)16-14(13)12-3-2-6-18-12/h2-7,16H,1H3. The Morgan fingerprint density at radius 2 is 2.17 bits per heavy atom.